The molecule has 0 bridgehead atoms. The van der Waals surface area contributed by atoms with Crippen molar-refractivity contribution >= 4 is 47.8 Å². The summed E-state index contributed by atoms with van der Waals surface area (Å²) >= 11 is 10.1. The van der Waals surface area contributed by atoms with Crippen LogP contribution in [0.4, 0.5) is 0 Å². The van der Waals surface area contributed by atoms with Crippen molar-refractivity contribution in [2.24, 2.45) is 7.05 Å². The number of aliphatic hydroxyl groups excluding tert-OH is 1. The SMILES string of the molecule is Cn1ncc(Br)c1C(O)c1ncc(Br)cc1Br. The van der Waals surface area contributed by atoms with Gasteiger partial charge in [0.2, 0.25) is 0 Å². The van der Waals surface area contributed by atoms with E-state index >= 15 is 0 Å². The molecular weight excluding hydrogens is 418 g/mol. The van der Waals surface area contributed by atoms with Gasteiger partial charge in [0, 0.05) is 22.2 Å². The molecule has 0 aliphatic heterocycles. The van der Waals surface area contributed by atoms with Crippen molar-refractivity contribution in [2.45, 2.75) is 6.10 Å². The zero-order chi connectivity index (χ0) is 12.6. The first-order chi connectivity index (χ1) is 8.00. The lowest BCUT2D eigenvalue weighted by Crippen LogP contribution is -2.09. The Morgan fingerprint density at radius 2 is 1.94 bits per heavy atom. The fraction of sp³-hybridized carbons (Fsp3) is 0.200. The average Bonchev–Trinajstić information content (AvgIpc) is 2.58. The highest BCUT2D eigenvalue weighted by atomic mass is 79.9. The van der Waals surface area contributed by atoms with E-state index in [4.69, 9.17) is 0 Å². The molecule has 1 atom stereocenters. The summed E-state index contributed by atoms with van der Waals surface area (Å²) in [7, 11) is 1.77. The Kier molecular flexibility index (Phi) is 4.02. The van der Waals surface area contributed by atoms with Crippen molar-refractivity contribution in [3.8, 4) is 0 Å². The topological polar surface area (TPSA) is 50.9 Å². The maximum Gasteiger partial charge on any atom is 0.140 e. The van der Waals surface area contributed by atoms with Crippen molar-refractivity contribution in [3.05, 3.63) is 43.3 Å². The molecule has 0 spiro atoms. The Balaban J connectivity index is 2.47. The predicted molar refractivity (Wildman–Crippen MR) is 74.6 cm³/mol. The van der Waals surface area contributed by atoms with Crippen LogP contribution >= 0.6 is 47.8 Å². The Morgan fingerprint density at radius 1 is 1.24 bits per heavy atom. The van der Waals surface area contributed by atoms with Crippen LogP contribution < -0.4 is 0 Å². The molecule has 1 N–H and O–H groups in total. The van der Waals surface area contributed by atoms with E-state index in [1.54, 1.807) is 24.1 Å². The highest BCUT2D eigenvalue weighted by Crippen LogP contribution is 2.31. The van der Waals surface area contributed by atoms with Crippen LogP contribution in [0.3, 0.4) is 0 Å². The number of aliphatic hydroxyl groups is 1. The molecule has 0 aliphatic rings. The molecule has 0 aliphatic carbocycles. The molecule has 0 aromatic carbocycles. The van der Waals surface area contributed by atoms with Gasteiger partial charge in [-0.2, -0.15) is 5.10 Å². The van der Waals surface area contributed by atoms with Crippen molar-refractivity contribution < 1.29 is 5.11 Å². The normalized spacial score (nSPS) is 12.8. The minimum Gasteiger partial charge on any atom is -0.380 e. The summed E-state index contributed by atoms with van der Waals surface area (Å²) in [6.45, 7) is 0. The van der Waals surface area contributed by atoms with Gasteiger partial charge in [0.05, 0.1) is 22.1 Å². The molecule has 2 aromatic rings. The second-order valence-electron chi connectivity index (χ2n) is 3.42. The van der Waals surface area contributed by atoms with Gasteiger partial charge in [-0.05, 0) is 53.9 Å². The second kappa shape index (κ2) is 5.17. The molecule has 4 nitrogen and oxygen atoms in total. The van der Waals surface area contributed by atoms with Gasteiger partial charge in [0.1, 0.15) is 6.10 Å². The minimum atomic E-state index is -0.834. The van der Waals surface area contributed by atoms with Gasteiger partial charge >= 0.3 is 0 Å². The first-order valence-corrected chi connectivity index (χ1v) is 7.05. The average molecular weight is 426 g/mol. The minimum absolute atomic E-state index is 0.553. The highest BCUT2D eigenvalue weighted by Gasteiger charge is 2.21. The molecule has 2 heterocycles. The zero-order valence-electron chi connectivity index (χ0n) is 8.73. The van der Waals surface area contributed by atoms with E-state index in [0.717, 1.165) is 13.4 Å². The Labute approximate surface area is 123 Å². The van der Waals surface area contributed by atoms with Crippen LogP contribution in [0.2, 0.25) is 0 Å². The third kappa shape index (κ3) is 2.62. The van der Waals surface area contributed by atoms with Gasteiger partial charge in [-0.25, -0.2) is 0 Å². The Bertz CT molecular complexity index is 536. The lowest BCUT2D eigenvalue weighted by Gasteiger charge is -2.13. The van der Waals surface area contributed by atoms with Crippen LogP contribution in [0.1, 0.15) is 17.5 Å². The largest absolute Gasteiger partial charge is 0.380 e. The van der Waals surface area contributed by atoms with Gasteiger partial charge in [-0.3, -0.25) is 9.67 Å². The first kappa shape index (κ1) is 13.2. The molecule has 2 aromatic heterocycles. The van der Waals surface area contributed by atoms with Gasteiger partial charge in [0.15, 0.2) is 0 Å². The third-order valence-corrected chi connectivity index (χ3v) is 3.97. The zero-order valence-corrected chi connectivity index (χ0v) is 13.5. The molecule has 17 heavy (non-hydrogen) atoms. The summed E-state index contributed by atoms with van der Waals surface area (Å²) in [6.07, 6.45) is 2.46. The maximum atomic E-state index is 10.3. The van der Waals surface area contributed by atoms with E-state index in [9.17, 15) is 5.11 Å². The summed E-state index contributed by atoms with van der Waals surface area (Å²) in [5.41, 5.74) is 1.22. The van der Waals surface area contributed by atoms with Crippen molar-refractivity contribution in [2.75, 3.05) is 0 Å². The predicted octanol–water partition coefficient (Wildman–Crippen LogP) is 3.18. The van der Waals surface area contributed by atoms with Crippen LogP contribution in [0.5, 0.6) is 0 Å². The summed E-state index contributed by atoms with van der Waals surface area (Å²) in [6, 6.07) is 1.84. The van der Waals surface area contributed by atoms with E-state index < -0.39 is 6.10 Å². The van der Waals surface area contributed by atoms with Crippen molar-refractivity contribution in [1.82, 2.24) is 14.8 Å². The van der Waals surface area contributed by atoms with Gasteiger partial charge < -0.3 is 5.11 Å². The standard InChI is InChI=1S/C10H8Br3N3O/c1-16-9(7(13)4-15-16)10(17)8-6(12)2-5(11)3-14-8/h2-4,10,17H,1H3. The molecular formula is C10H8Br3N3O. The number of aryl methyl sites for hydroxylation is 1. The summed E-state index contributed by atoms with van der Waals surface area (Å²) < 4.78 is 3.96. The second-order valence-corrected chi connectivity index (χ2v) is 6.05. The molecule has 0 fully saturated rings. The highest BCUT2D eigenvalue weighted by molar-refractivity contribution is 9.11. The molecule has 0 amide bonds. The number of halogens is 3. The third-order valence-electron chi connectivity index (χ3n) is 2.29. The van der Waals surface area contributed by atoms with Crippen LogP contribution in [-0.2, 0) is 7.05 Å². The van der Waals surface area contributed by atoms with Gasteiger partial charge in [-0.15, -0.1) is 0 Å². The molecule has 90 valence electrons. The number of rotatable bonds is 2. The molecule has 0 saturated heterocycles. The van der Waals surface area contributed by atoms with E-state index in [1.807, 2.05) is 6.07 Å². The van der Waals surface area contributed by atoms with E-state index in [0.29, 0.717) is 11.4 Å². The van der Waals surface area contributed by atoms with Crippen LogP contribution in [0.25, 0.3) is 0 Å². The van der Waals surface area contributed by atoms with Gasteiger partial charge in [0.25, 0.3) is 0 Å². The fourth-order valence-corrected chi connectivity index (χ4v) is 3.25. The lowest BCUT2D eigenvalue weighted by atomic mass is 10.1. The number of hydrogen-bond acceptors (Lipinski definition) is 3. The number of nitrogens with zero attached hydrogens (tertiary/aromatic N) is 3. The summed E-state index contributed by atoms with van der Waals surface area (Å²) in [4.78, 5) is 4.21. The van der Waals surface area contributed by atoms with E-state index in [-0.39, 0.29) is 0 Å². The van der Waals surface area contributed by atoms with Crippen molar-refractivity contribution in [1.29, 1.82) is 0 Å². The van der Waals surface area contributed by atoms with E-state index in [2.05, 4.69) is 57.9 Å². The quantitative estimate of drug-likeness (QED) is 0.804. The number of hydrogen-bond donors (Lipinski definition) is 1. The molecule has 1 unspecified atom stereocenters. The monoisotopic (exact) mass is 423 g/mol. The van der Waals surface area contributed by atoms with Gasteiger partial charge in [-0.1, -0.05) is 0 Å². The smallest absolute Gasteiger partial charge is 0.140 e. The van der Waals surface area contributed by atoms with Crippen molar-refractivity contribution in [3.63, 3.8) is 0 Å². The first-order valence-electron chi connectivity index (χ1n) is 4.67. The summed E-state index contributed by atoms with van der Waals surface area (Å²) in [5.74, 6) is 0. The molecule has 2 rings (SSSR count). The maximum absolute atomic E-state index is 10.3. The Hall–Kier alpha value is -0.240. The summed E-state index contributed by atoms with van der Waals surface area (Å²) in [5, 5.41) is 14.4. The van der Waals surface area contributed by atoms with Crippen LogP contribution in [0.15, 0.2) is 31.9 Å². The Morgan fingerprint density at radius 3 is 2.47 bits per heavy atom. The molecule has 0 radical (unpaired) electrons. The molecule has 7 heteroatoms. The fourth-order valence-electron chi connectivity index (χ4n) is 1.48. The lowest BCUT2D eigenvalue weighted by molar-refractivity contribution is 0.203. The number of aromatic nitrogens is 3. The number of pyridine rings is 1. The van der Waals surface area contributed by atoms with Crippen LogP contribution in [0, 0.1) is 0 Å². The molecule has 0 saturated carbocycles. The van der Waals surface area contributed by atoms with E-state index in [1.165, 1.54) is 0 Å². The van der Waals surface area contributed by atoms with Crippen LogP contribution in [-0.4, -0.2) is 19.9 Å².